The molecule has 0 aromatic heterocycles. The maximum Gasteiger partial charge on any atom is 0.270 e. The first-order valence-electron chi connectivity index (χ1n) is 8.10. The highest BCUT2D eigenvalue weighted by Gasteiger charge is 2.26. The Morgan fingerprint density at radius 2 is 2.17 bits per heavy atom. The molecule has 7 nitrogen and oxygen atoms in total. The highest BCUT2D eigenvalue weighted by Crippen LogP contribution is 2.28. The largest absolute Gasteiger partial charge is 0.382 e. The summed E-state index contributed by atoms with van der Waals surface area (Å²) >= 11 is 0. The van der Waals surface area contributed by atoms with Gasteiger partial charge < -0.3 is 10.6 Å². The number of anilines is 1. The molecule has 24 heavy (non-hydrogen) atoms. The number of nitro benzene ring substituents is 1. The molecule has 0 aliphatic heterocycles. The van der Waals surface area contributed by atoms with Crippen LogP contribution in [0.2, 0.25) is 0 Å². The number of carbonyl (C=O) groups excluding carboxylic acids is 1. The third-order valence-corrected chi connectivity index (χ3v) is 6.07. The molecule has 132 valence electrons. The van der Waals surface area contributed by atoms with Crippen molar-refractivity contribution in [1.29, 1.82) is 0 Å². The molecule has 0 spiro atoms. The van der Waals surface area contributed by atoms with Gasteiger partial charge >= 0.3 is 0 Å². The van der Waals surface area contributed by atoms with Gasteiger partial charge in [0.2, 0.25) is 0 Å². The van der Waals surface area contributed by atoms with E-state index in [0.29, 0.717) is 11.4 Å². The van der Waals surface area contributed by atoms with E-state index in [1.54, 1.807) is 6.07 Å². The van der Waals surface area contributed by atoms with Crippen LogP contribution < -0.4 is 10.6 Å². The predicted molar refractivity (Wildman–Crippen MR) is 94.8 cm³/mol. The Labute approximate surface area is 143 Å². The Bertz CT molecular complexity index is 650. The molecule has 1 aliphatic rings. The quantitative estimate of drug-likeness (QED) is 0.604. The Kier molecular flexibility index (Phi) is 6.30. The van der Waals surface area contributed by atoms with Crippen molar-refractivity contribution in [2.45, 2.75) is 43.9 Å². The first-order valence-corrected chi connectivity index (χ1v) is 9.48. The highest BCUT2D eigenvalue weighted by molar-refractivity contribution is 7.85. The molecule has 1 aromatic rings. The van der Waals surface area contributed by atoms with E-state index < -0.39 is 15.7 Å². The van der Waals surface area contributed by atoms with Crippen LogP contribution in [-0.2, 0) is 10.8 Å². The van der Waals surface area contributed by atoms with Gasteiger partial charge in [-0.05, 0) is 25.3 Å². The fourth-order valence-electron chi connectivity index (χ4n) is 3.06. The molecule has 0 bridgehead atoms. The Hall–Kier alpha value is -1.96. The fourth-order valence-corrected chi connectivity index (χ4v) is 4.41. The Morgan fingerprint density at radius 1 is 1.42 bits per heavy atom. The van der Waals surface area contributed by atoms with Crippen molar-refractivity contribution in [3.05, 3.63) is 33.9 Å². The van der Waals surface area contributed by atoms with Crippen molar-refractivity contribution in [1.82, 2.24) is 5.32 Å². The van der Waals surface area contributed by atoms with Gasteiger partial charge in [-0.1, -0.05) is 13.3 Å². The van der Waals surface area contributed by atoms with Crippen molar-refractivity contribution in [2.24, 2.45) is 0 Å². The van der Waals surface area contributed by atoms with Crippen molar-refractivity contribution >= 4 is 28.1 Å². The number of nitrogens with zero attached hydrogens (tertiary/aromatic N) is 1. The van der Waals surface area contributed by atoms with Crippen LogP contribution in [0.3, 0.4) is 0 Å². The summed E-state index contributed by atoms with van der Waals surface area (Å²) in [7, 11) is 0.666. The van der Waals surface area contributed by atoms with Gasteiger partial charge in [-0.2, -0.15) is 0 Å². The van der Waals surface area contributed by atoms with E-state index in [1.165, 1.54) is 19.2 Å². The topological polar surface area (TPSA) is 101 Å². The van der Waals surface area contributed by atoms with Crippen molar-refractivity contribution < 1.29 is 13.9 Å². The summed E-state index contributed by atoms with van der Waals surface area (Å²) in [4.78, 5) is 22.5. The number of carbonyl (C=O) groups is 1. The van der Waals surface area contributed by atoms with Gasteiger partial charge in [0.25, 0.3) is 11.6 Å². The molecule has 0 heterocycles. The van der Waals surface area contributed by atoms with Crippen molar-refractivity contribution in [2.75, 3.05) is 18.1 Å². The van der Waals surface area contributed by atoms with E-state index in [2.05, 4.69) is 10.6 Å². The molecule has 2 rings (SSSR count). The van der Waals surface area contributed by atoms with E-state index in [0.717, 1.165) is 25.7 Å². The van der Waals surface area contributed by atoms with E-state index >= 15 is 0 Å². The minimum absolute atomic E-state index is 0.115. The zero-order valence-corrected chi connectivity index (χ0v) is 14.7. The number of amides is 1. The molecule has 1 aromatic carbocycles. The first-order chi connectivity index (χ1) is 11.5. The van der Waals surface area contributed by atoms with Crippen LogP contribution in [0.1, 0.15) is 43.0 Å². The highest BCUT2D eigenvalue weighted by atomic mass is 32.2. The van der Waals surface area contributed by atoms with Gasteiger partial charge in [-0.15, -0.1) is 0 Å². The van der Waals surface area contributed by atoms with Crippen LogP contribution >= 0.6 is 0 Å². The second-order valence-electron chi connectivity index (χ2n) is 5.87. The zero-order chi connectivity index (χ0) is 17.7. The standard InChI is InChI=1S/C16H23N3O4S/c1-3-24(23)13-6-4-5-11(9-13)18-15-8-7-12(19(21)22)10-14(15)16(20)17-2/h7-8,10-11,13,18H,3-6,9H2,1-2H3,(H,17,20). The summed E-state index contributed by atoms with van der Waals surface area (Å²) in [5.74, 6) is 0.281. The van der Waals surface area contributed by atoms with Crippen LogP contribution in [0.25, 0.3) is 0 Å². The van der Waals surface area contributed by atoms with Crippen LogP contribution in [0, 0.1) is 10.1 Å². The molecule has 3 unspecified atom stereocenters. The zero-order valence-electron chi connectivity index (χ0n) is 13.9. The smallest absolute Gasteiger partial charge is 0.270 e. The van der Waals surface area contributed by atoms with Crippen LogP contribution in [0.4, 0.5) is 11.4 Å². The van der Waals surface area contributed by atoms with E-state index in [9.17, 15) is 19.1 Å². The van der Waals surface area contributed by atoms with Crippen LogP contribution in [0.5, 0.6) is 0 Å². The van der Waals surface area contributed by atoms with Crippen LogP contribution in [-0.4, -0.2) is 39.1 Å². The van der Waals surface area contributed by atoms with E-state index in [1.807, 2.05) is 6.92 Å². The number of hydrogen-bond acceptors (Lipinski definition) is 5. The van der Waals surface area contributed by atoms with E-state index in [-0.39, 0.29) is 28.4 Å². The summed E-state index contributed by atoms with van der Waals surface area (Å²) < 4.78 is 12.1. The lowest BCUT2D eigenvalue weighted by Gasteiger charge is -2.30. The van der Waals surface area contributed by atoms with Gasteiger partial charge in [-0.3, -0.25) is 19.1 Å². The number of benzene rings is 1. The molecule has 1 fully saturated rings. The Morgan fingerprint density at radius 3 is 2.79 bits per heavy atom. The number of nitrogens with one attached hydrogen (secondary N) is 2. The van der Waals surface area contributed by atoms with Crippen LogP contribution in [0.15, 0.2) is 18.2 Å². The third kappa shape index (κ3) is 4.31. The molecular weight excluding hydrogens is 330 g/mol. The number of hydrogen-bond donors (Lipinski definition) is 2. The monoisotopic (exact) mass is 353 g/mol. The molecule has 1 aliphatic carbocycles. The minimum Gasteiger partial charge on any atom is -0.382 e. The van der Waals surface area contributed by atoms with Gasteiger partial charge in [-0.25, -0.2) is 0 Å². The van der Waals surface area contributed by atoms with Crippen molar-refractivity contribution in [3.63, 3.8) is 0 Å². The summed E-state index contributed by atoms with van der Waals surface area (Å²) in [6.07, 6.45) is 3.66. The normalized spacial score (nSPS) is 21.8. The fraction of sp³-hybridized carbons (Fsp3) is 0.562. The third-order valence-electron chi connectivity index (χ3n) is 4.33. The second-order valence-corrected chi connectivity index (χ2v) is 7.87. The Balaban J connectivity index is 2.20. The molecule has 0 saturated heterocycles. The van der Waals surface area contributed by atoms with Gasteiger partial charge in [0, 0.05) is 52.7 Å². The minimum atomic E-state index is -0.826. The van der Waals surface area contributed by atoms with E-state index in [4.69, 9.17) is 0 Å². The SMILES string of the molecule is CCS(=O)C1CCCC(Nc2ccc([N+](=O)[O-])cc2C(=O)NC)C1. The first kappa shape index (κ1) is 18.4. The maximum absolute atomic E-state index is 12.1. The average molecular weight is 353 g/mol. The lowest BCUT2D eigenvalue weighted by atomic mass is 9.94. The lowest BCUT2D eigenvalue weighted by molar-refractivity contribution is -0.384. The molecule has 8 heteroatoms. The summed E-state index contributed by atoms with van der Waals surface area (Å²) in [6.45, 7) is 1.92. The summed E-state index contributed by atoms with van der Waals surface area (Å²) in [5.41, 5.74) is 0.714. The molecular formula is C16H23N3O4S. The van der Waals surface area contributed by atoms with Gasteiger partial charge in [0.1, 0.15) is 0 Å². The number of non-ortho nitro benzene ring substituents is 1. The summed E-state index contributed by atoms with van der Waals surface area (Å²) in [6, 6.07) is 4.36. The summed E-state index contributed by atoms with van der Waals surface area (Å²) in [5, 5.41) is 16.9. The molecule has 0 radical (unpaired) electrons. The number of nitro groups is 1. The average Bonchev–Trinajstić information content (AvgIpc) is 2.60. The molecule has 3 atom stereocenters. The van der Waals surface area contributed by atoms with Gasteiger partial charge in [0.05, 0.1) is 10.5 Å². The van der Waals surface area contributed by atoms with Gasteiger partial charge in [0.15, 0.2) is 0 Å². The lowest BCUT2D eigenvalue weighted by Crippen LogP contribution is -2.33. The van der Waals surface area contributed by atoms with Crippen molar-refractivity contribution in [3.8, 4) is 0 Å². The molecule has 2 N–H and O–H groups in total. The molecule has 1 saturated carbocycles. The second kappa shape index (κ2) is 8.23. The maximum atomic E-state index is 12.1. The molecule has 1 amide bonds. The number of rotatable bonds is 6. The predicted octanol–water partition coefficient (Wildman–Crippen LogP) is 2.45.